The number of aryl methyl sites for hydroxylation is 1. The molecule has 0 bridgehead atoms. The summed E-state index contributed by atoms with van der Waals surface area (Å²) < 4.78 is 0. The monoisotopic (exact) mass is 282 g/mol. The highest BCUT2D eigenvalue weighted by Crippen LogP contribution is 2.27. The van der Waals surface area contributed by atoms with Gasteiger partial charge < -0.3 is 10.2 Å². The number of benzene rings is 2. The SMILES string of the molecule is Cc1cccc(N(C)c2ccccc2CNCC(C)C)c1. The predicted molar refractivity (Wildman–Crippen MR) is 92.2 cm³/mol. The highest BCUT2D eigenvalue weighted by atomic mass is 15.1. The summed E-state index contributed by atoms with van der Waals surface area (Å²) in [5.74, 6) is 0.673. The molecule has 112 valence electrons. The largest absolute Gasteiger partial charge is 0.344 e. The van der Waals surface area contributed by atoms with E-state index in [2.05, 4.69) is 86.6 Å². The van der Waals surface area contributed by atoms with Crippen LogP contribution in [0.2, 0.25) is 0 Å². The molecule has 2 aromatic rings. The summed E-state index contributed by atoms with van der Waals surface area (Å²) in [7, 11) is 2.13. The van der Waals surface area contributed by atoms with E-state index >= 15 is 0 Å². The van der Waals surface area contributed by atoms with Gasteiger partial charge in [0.1, 0.15) is 0 Å². The molecule has 0 saturated heterocycles. The second-order valence-electron chi connectivity index (χ2n) is 6.05. The molecule has 0 unspecified atom stereocenters. The van der Waals surface area contributed by atoms with Crippen molar-refractivity contribution in [3.63, 3.8) is 0 Å². The number of nitrogens with zero attached hydrogens (tertiary/aromatic N) is 1. The van der Waals surface area contributed by atoms with Crippen molar-refractivity contribution < 1.29 is 0 Å². The lowest BCUT2D eigenvalue weighted by Crippen LogP contribution is -2.21. The van der Waals surface area contributed by atoms with Crippen molar-refractivity contribution in [2.75, 3.05) is 18.5 Å². The fourth-order valence-corrected chi connectivity index (χ4v) is 2.46. The van der Waals surface area contributed by atoms with Crippen LogP contribution in [0.1, 0.15) is 25.0 Å². The Kier molecular flexibility index (Phi) is 5.40. The summed E-state index contributed by atoms with van der Waals surface area (Å²) in [6.07, 6.45) is 0. The standard InChI is InChI=1S/C19H26N2/c1-15(2)13-20-14-17-9-5-6-11-19(17)21(4)18-10-7-8-16(3)12-18/h5-12,15,20H,13-14H2,1-4H3. The summed E-state index contributed by atoms with van der Waals surface area (Å²) in [6.45, 7) is 8.55. The van der Waals surface area contributed by atoms with Crippen LogP contribution in [0.25, 0.3) is 0 Å². The first-order valence-electron chi connectivity index (χ1n) is 7.67. The Morgan fingerprint density at radius 2 is 1.81 bits per heavy atom. The van der Waals surface area contributed by atoms with Crippen LogP contribution in [0.15, 0.2) is 48.5 Å². The van der Waals surface area contributed by atoms with E-state index in [9.17, 15) is 0 Å². The van der Waals surface area contributed by atoms with Crippen LogP contribution < -0.4 is 10.2 Å². The van der Waals surface area contributed by atoms with Crippen LogP contribution in [0.5, 0.6) is 0 Å². The molecular weight excluding hydrogens is 256 g/mol. The Morgan fingerprint density at radius 3 is 2.52 bits per heavy atom. The molecule has 0 fully saturated rings. The van der Waals surface area contributed by atoms with Gasteiger partial charge in [-0.2, -0.15) is 0 Å². The molecule has 2 aromatic carbocycles. The van der Waals surface area contributed by atoms with Gasteiger partial charge in [-0.25, -0.2) is 0 Å². The Morgan fingerprint density at radius 1 is 1.05 bits per heavy atom. The van der Waals surface area contributed by atoms with Crippen LogP contribution >= 0.6 is 0 Å². The molecule has 0 atom stereocenters. The normalized spacial score (nSPS) is 10.9. The maximum absolute atomic E-state index is 3.53. The van der Waals surface area contributed by atoms with E-state index in [-0.39, 0.29) is 0 Å². The average molecular weight is 282 g/mol. The van der Waals surface area contributed by atoms with Gasteiger partial charge >= 0.3 is 0 Å². The van der Waals surface area contributed by atoms with Crippen molar-refractivity contribution in [1.29, 1.82) is 0 Å². The van der Waals surface area contributed by atoms with Gasteiger partial charge in [0.25, 0.3) is 0 Å². The summed E-state index contributed by atoms with van der Waals surface area (Å²) in [4.78, 5) is 2.26. The van der Waals surface area contributed by atoms with Crippen molar-refractivity contribution in [2.24, 2.45) is 5.92 Å². The molecule has 2 rings (SSSR count). The minimum absolute atomic E-state index is 0.673. The Bertz CT molecular complexity index is 575. The quantitative estimate of drug-likeness (QED) is 0.838. The molecule has 0 aliphatic carbocycles. The van der Waals surface area contributed by atoms with Crippen molar-refractivity contribution in [2.45, 2.75) is 27.3 Å². The van der Waals surface area contributed by atoms with Crippen LogP contribution in [0.4, 0.5) is 11.4 Å². The third-order valence-corrected chi connectivity index (χ3v) is 3.61. The maximum Gasteiger partial charge on any atom is 0.0453 e. The van der Waals surface area contributed by atoms with Gasteiger partial charge in [-0.15, -0.1) is 0 Å². The Labute approximate surface area is 128 Å². The van der Waals surface area contributed by atoms with E-state index in [1.807, 2.05) is 0 Å². The number of anilines is 2. The molecular formula is C19H26N2. The zero-order chi connectivity index (χ0) is 15.2. The zero-order valence-electron chi connectivity index (χ0n) is 13.6. The number of rotatable bonds is 6. The first kappa shape index (κ1) is 15.6. The van der Waals surface area contributed by atoms with Crippen molar-refractivity contribution in [1.82, 2.24) is 5.32 Å². The van der Waals surface area contributed by atoms with E-state index in [1.165, 1.54) is 22.5 Å². The molecule has 0 aliphatic heterocycles. The van der Waals surface area contributed by atoms with Crippen LogP contribution in [-0.2, 0) is 6.54 Å². The maximum atomic E-state index is 3.53. The molecule has 21 heavy (non-hydrogen) atoms. The lowest BCUT2D eigenvalue weighted by Gasteiger charge is -2.23. The summed E-state index contributed by atoms with van der Waals surface area (Å²) in [5, 5.41) is 3.53. The third-order valence-electron chi connectivity index (χ3n) is 3.61. The van der Waals surface area contributed by atoms with Crippen LogP contribution in [0.3, 0.4) is 0 Å². The lowest BCUT2D eigenvalue weighted by molar-refractivity contribution is 0.552. The second kappa shape index (κ2) is 7.28. The summed E-state index contributed by atoms with van der Waals surface area (Å²) in [6, 6.07) is 17.2. The van der Waals surface area contributed by atoms with Gasteiger partial charge in [-0.3, -0.25) is 0 Å². The van der Waals surface area contributed by atoms with Crippen LogP contribution in [0, 0.1) is 12.8 Å². The summed E-state index contributed by atoms with van der Waals surface area (Å²) in [5.41, 5.74) is 5.11. The molecule has 2 heteroatoms. The average Bonchev–Trinajstić information content (AvgIpc) is 2.47. The van der Waals surface area contributed by atoms with Crippen molar-refractivity contribution >= 4 is 11.4 Å². The lowest BCUT2D eigenvalue weighted by atomic mass is 10.1. The van der Waals surface area contributed by atoms with Gasteiger partial charge in [0.05, 0.1) is 0 Å². The highest BCUT2D eigenvalue weighted by Gasteiger charge is 2.09. The topological polar surface area (TPSA) is 15.3 Å². The molecule has 0 spiro atoms. The van der Waals surface area contributed by atoms with Gasteiger partial charge in [0.15, 0.2) is 0 Å². The Balaban J connectivity index is 2.18. The van der Waals surface area contributed by atoms with E-state index in [0.29, 0.717) is 5.92 Å². The minimum Gasteiger partial charge on any atom is -0.344 e. The van der Waals surface area contributed by atoms with Gasteiger partial charge in [0.2, 0.25) is 0 Å². The van der Waals surface area contributed by atoms with Crippen molar-refractivity contribution in [3.8, 4) is 0 Å². The smallest absolute Gasteiger partial charge is 0.0453 e. The van der Waals surface area contributed by atoms with Crippen molar-refractivity contribution in [3.05, 3.63) is 59.7 Å². The van der Waals surface area contributed by atoms with E-state index in [4.69, 9.17) is 0 Å². The van der Waals surface area contributed by atoms with Gasteiger partial charge in [-0.05, 0) is 48.7 Å². The number of para-hydroxylation sites is 1. The van der Waals surface area contributed by atoms with Crippen LogP contribution in [-0.4, -0.2) is 13.6 Å². The van der Waals surface area contributed by atoms with E-state index in [0.717, 1.165) is 13.1 Å². The third kappa shape index (κ3) is 4.33. The number of hydrogen-bond acceptors (Lipinski definition) is 2. The predicted octanol–water partition coefficient (Wildman–Crippen LogP) is 4.51. The molecule has 1 N–H and O–H groups in total. The molecule has 0 radical (unpaired) electrons. The fourth-order valence-electron chi connectivity index (χ4n) is 2.46. The molecule has 0 aromatic heterocycles. The van der Waals surface area contributed by atoms with E-state index in [1.54, 1.807) is 0 Å². The second-order valence-corrected chi connectivity index (χ2v) is 6.05. The summed E-state index contributed by atoms with van der Waals surface area (Å²) >= 11 is 0. The highest BCUT2D eigenvalue weighted by molar-refractivity contribution is 5.66. The molecule has 0 saturated carbocycles. The first-order valence-corrected chi connectivity index (χ1v) is 7.67. The number of hydrogen-bond donors (Lipinski definition) is 1. The molecule has 0 amide bonds. The van der Waals surface area contributed by atoms with Gasteiger partial charge in [0, 0.05) is 25.0 Å². The fraction of sp³-hybridized carbons (Fsp3) is 0.368. The zero-order valence-corrected chi connectivity index (χ0v) is 13.6. The van der Waals surface area contributed by atoms with Gasteiger partial charge in [-0.1, -0.05) is 44.2 Å². The Hall–Kier alpha value is -1.80. The molecule has 0 heterocycles. The first-order chi connectivity index (χ1) is 10.1. The minimum atomic E-state index is 0.673. The number of nitrogens with one attached hydrogen (secondary N) is 1. The molecule has 2 nitrogen and oxygen atoms in total. The molecule has 0 aliphatic rings. The van der Waals surface area contributed by atoms with E-state index < -0.39 is 0 Å².